The molecule has 0 aromatic heterocycles. The summed E-state index contributed by atoms with van der Waals surface area (Å²) in [6.45, 7) is 12.6. The van der Waals surface area contributed by atoms with Crippen LogP contribution in [0.4, 0.5) is 0 Å². The molecule has 0 spiro atoms. The van der Waals surface area contributed by atoms with Gasteiger partial charge in [-0.15, -0.1) is 0 Å². The number of rotatable bonds is 0. The van der Waals surface area contributed by atoms with Gasteiger partial charge >= 0.3 is 0 Å². The first kappa shape index (κ1) is 71.3. The summed E-state index contributed by atoms with van der Waals surface area (Å²) in [5.74, 6) is 0. The van der Waals surface area contributed by atoms with E-state index in [1.54, 1.807) is 0 Å². The lowest BCUT2D eigenvalue weighted by molar-refractivity contribution is -0.393. The maximum Gasteiger partial charge on any atom is 0.187 e. The molecule has 0 amide bonds. The van der Waals surface area contributed by atoms with E-state index in [0.717, 1.165) is 0 Å². The number of aliphatic hydroxyl groups excluding tert-OH is 18. The van der Waals surface area contributed by atoms with Crippen molar-refractivity contribution in [1.82, 2.24) is 0 Å². The third kappa shape index (κ3) is 13.8. The zero-order chi connectivity index (χ0) is 65.7. The van der Waals surface area contributed by atoms with Crippen molar-refractivity contribution >= 4 is 0 Å². The van der Waals surface area contributed by atoms with Crippen LogP contribution in [0.1, 0.15) is 62.3 Å². The van der Waals surface area contributed by atoms with Gasteiger partial charge in [0.15, 0.2) is 56.6 Å². The lowest BCUT2D eigenvalue weighted by Crippen LogP contribution is -2.67. The van der Waals surface area contributed by atoms with Crippen LogP contribution in [-0.2, 0) is 85.3 Å². The number of aliphatic hydroxyl groups is 18. The molecule has 0 radical (unpaired) electrons. The van der Waals surface area contributed by atoms with Gasteiger partial charge in [-0.1, -0.05) is 0 Å². The molecule has 27 rings (SSSR count). The fraction of sp³-hybridized carbons (Fsp3) is 1.00. The zero-order valence-corrected chi connectivity index (χ0v) is 50.4. The average molecular weight is 1320 g/mol. The second kappa shape index (κ2) is 28.6. The van der Waals surface area contributed by atoms with Crippen molar-refractivity contribution in [1.29, 1.82) is 0 Å². The number of hydrogen-bond acceptors (Lipinski definition) is 36. The van der Waals surface area contributed by atoms with Gasteiger partial charge in [0.1, 0.15) is 165 Å². The van der Waals surface area contributed by atoms with Crippen LogP contribution in [0, 0.1) is 0 Å². The molecule has 27 heterocycles. The summed E-state index contributed by atoms with van der Waals surface area (Å²) in [4.78, 5) is 0. The quantitative estimate of drug-likeness (QED) is 0.107. The highest BCUT2D eigenvalue weighted by Crippen LogP contribution is 2.40. The van der Waals surface area contributed by atoms with E-state index in [4.69, 9.17) is 85.3 Å². The van der Waals surface area contributed by atoms with Gasteiger partial charge in [0.2, 0.25) is 0 Å². The highest BCUT2D eigenvalue weighted by atomic mass is 16.8. The van der Waals surface area contributed by atoms with E-state index in [-0.39, 0.29) is 0 Å². The Labute approximate surface area is 514 Å². The second-order valence-electron chi connectivity index (χ2n) is 25.1. The monoisotopic (exact) mass is 1310 g/mol. The molecule has 27 saturated heterocycles. The van der Waals surface area contributed by atoms with Crippen LogP contribution in [0.15, 0.2) is 0 Å². The van der Waals surface area contributed by atoms with E-state index < -0.39 is 276 Å². The molecular weight excluding hydrogens is 1220 g/mol. The normalized spacial score (nSPS) is 59.7. The predicted molar refractivity (Wildman–Crippen MR) is 281 cm³/mol. The van der Waals surface area contributed by atoms with E-state index in [9.17, 15) is 91.9 Å². The Morgan fingerprint density at radius 3 is 0.278 bits per heavy atom. The van der Waals surface area contributed by atoms with Gasteiger partial charge in [-0.2, -0.15) is 0 Å². The molecule has 18 unspecified atom stereocenters. The highest BCUT2D eigenvalue weighted by molar-refractivity contribution is 5.01. The Morgan fingerprint density at radius 2 is 0.200 bits per heavy atom. The SMILES string of the molecule is CC1O[C@H]2O[C@H]3C(C)O[C@@H](O[C@H]4C(C)O[C@@H](O[C@H]5C(C)O[C@@H](O[C@H]6C(C)O[C@@H](O[C@H]7C(C)O[C@@H](O[C@H]8C(C)O[C@@H](O[C@H]9C(C)O[C@@H](O[C@H]%10C(C)O[C@@H](O[C@@H]1[C@H](O)C2O)C(O)[C@H]%10O)C(O)[C@H]9O)C(O)[C@H]8O)C(O)[C@H]7O)C(O)[C@H]6O)C(O)[C@H]5O)C(O)[C@H]4O)C(O)[C@H]3O. The number of ether oxygens (including phenoxy) is 18. The molecule has 18 N–H and O–H groups in total. The van der Waals surface area contributed by atoms with E-state index >= 15 is 0 Å². The third-order valence-corrected chi connectivity index (χ3v) is 18.6. The summed E-state index contributed by atoms with van der Waals surface area (Å²) in [7, 11) is 0. The topological polar surface area (TPSA) is 530 Å². The molecule has 0 aromatic rings. The van der Waals surface area contributed by atoms with Crippen molar-refractivity contribution in [3.63, 3.8) is 0 Å². The minimum absolute atomic E-state index is 1.20. The van der Waals surface area contributed by atoms with E-state index in [0.29, 0.717) is 0 Å². The minimum atomic E-state index is -1.95. The molecule has 45 atom stereocenters. The van der Waals surface area contributed by atoms with Crippen LogP contribution in [0.2, 0.25) is 0 Å². The maximum absolute atomic E-state index is 11.4. The molecule has 0 aliphatic carbocycles. The van der Waals surface area contributed by atoms with Crippen LogP contribution < -0.4 is 0 Å². The van der Waals surface area contributed by atoms with Crippen molar-refractivity contribution in [2.45, 2.75) is 339 Å². The highest BCUT2D eigenvalue weighted by Gasteiger charge is 2.59. The fourth-order valence-corrected chi connectivity index (χ4v) is 13.1. The van der Waals surface area contributed by atoms with Crippen molar-refractivity contribution < 1.29 is 177 Å². The molecule has 0 aromatic carbocycles. The van der Waals surface area contributed by atoms with Crippen molar-refractivity contribution in [2.75, 3.05) is 0 Å². The summed E-state index contributed by atoms with van der Waals surface area (Å²) >= 11 is 0. The first-order valence-corrected chi connectivity index (χ1v) is 30.3. The summed E-state index contributed by atoms with van der Waals surface area (Å²) < 4.78 is 106. The van der Waals surface area contributed by atoms with Gasteiger partial charge in [0.05, 0.1) is 54.9 Å². The van der Waals surface area contributed by atoms with Crippen LogP contribution in [0.25, 0.3) is 0 Å². The lowest BCUT2D eigenvalue weighted by atomic mass is 9.95. The lowest BCUT2D eigenvalue weighted by Gasteiger charge is -2.49. The van der Waals surface area contributed by atoms with Crippen LogP contribution in [0.3, 0.4) is 0 Å². The first-order chi connectivity index (χ1) is 42.3. The zero-order valence-electron chi connectivity index (χ0n) is 50.4. The Hall–Kier alpha value is -1.44. The van der Waals surface area contributed by atoms with Crippen molar-refractivity contribution in [2.24, 2.45) is 0 Å². The molecule has 522 valence electrons. The molecule has 0 saturated carbocycles. The molecular formula is C54H90O36. The van der Waals surface area contributed by atoms with Crippen LogP contribution >= 0.6 is 0 Å². The molecule has 27 aliphatic heterocycles. The smallest absolute Gasteiger partial charge is 0.187 e. The van der Waals surface area contributed by atoms with Gasteiger partial charge in [-0.3, -0.25) is 0 Å². The van der Waals surface area contributed by atoms with E-state index in [1.807, 2.05) is 0 Å². The standard InChI is InChI=1S/C54H90O36/c1-10-37-19(55)28(64)46(73-10)83-38-11(2)75-48(30(66)21(38)57)85-40-13(4)77-50(32(68)23(40)59)87-42-15(6)79-52(34(70)25(42)61)89-44-17(8)81-54(36(72)27(44)63)90-45-18(9)80-53(35(71)26(45)62)88-43-16(7)78-51(33(69)24(43)60)86-41-14(5)76-49(31(67)22(41)58)84-39-12(3)74-47(82-37)29(65)20(39)56/h10-72H,1-9H3/t10?,11?,12?,13?,14?,15?,16?,17?,18?,19-,20-,21-,22-,23-,24-,25-,26-,27-,28?,29?,30?,31?,32?,33?,34?,35?,36?,37+,38+,39+,40+,41+,42+,43+,44+,45+,46+,47+,48+,49+,50+,51+,52+,53+,54+/m1/s1. The molecule has 27 fully saturated rings. The summed E-state index contributed by atoms with van der Waals surface area (Å²) in [6, 6.07) is 0. The van der Waals surface area contributed by atoms with E-state index in [2.05, 4.69) is 0 Å². The van der Waals surface area contributed by atoms with Gasteiger partial charge in [-0.25, -0.2) is 0 Å². The Kier molecular flexibility index (Phi) is 22.6. The average Bonchev–Trinajstić information content (AvgIpc) is 0.801. The van der Waals surface area contributed by atoms with Gasteiger partial charge in [0.25, 0.3) is 0 Å². The largest absolute Gasteiger partial charge is 0.387 e. The second-order valence-corrected chi connectivity index (χ2v) is 25.1. The first-order valence-electron chi connectivity index (χ1n) is 30.3. The molecule has 27 aliphatic rings. The third-order valence-electron chi connectivity index (χ3n) is 18.6. The fourth-order valence-electron chi connectivity index (χ4n) is 13.1. The Bertz CT molecular complexity index is 1820. The van der Waals surface area contributed by atoms with Crippen molar-refractivity contribution in [3.05, 3.63) is 0 Å². The molecule has 36 heteroatoms. The molecule has 18 bridgehead atoms. The Balaban J connectivity index is 0.846. The van der Waals surface area contributed by atoms with Crippen LogP contribution in [0.5, 0.6) is 0 Å². The number of hydrogen-bond donors (Lipinski definition) is 18. The maximum atomic E-state index is 11.4. The van der Waals surface area contributed by atoms with Gasteiger partial charge in [0, 0.05) is 0 Å². The minimum Gasteiger partial charge on any atom is -0.387 e. The Morgan fingerprint density at radius 1 is 0.122 bits per heavy atom. The summed E-state index contributed by atoms with van der Waals surface area (Å²) in [5.41, 5.74) is 0. The predicted octanol–water partition coefficient (Wildman–Crippen LogP) is -10.3. The summed E-state index contributed by atoms with van der Waals surface area (Å²) in [5, 5.41) is 205. The van der Waals surface area contributed by atoms with Gasteiger partial charge in [-0.05, 0) is 62.3 Å². The molecule has 36 nitrogen and oxygen atoms in total. The van der Waals surface area contributed by atoms with Gasteiger partial charge < -0.3 is 177 Å². The molecule has 90 heavy (non-hydrogen) atoms. The van der Waals surface area contributed by atoms with Crippen molar-refractivity contribution in [3.8, 4) is 0 Å². The summed E-state index contributed by atoms with van der Waals surface area (Å²) in [6.07, 6.45) is -74.3. The van der Waals surface area contributed by atoms with E-state index in [1.165, 1.54) is 62.3 Å². The van der Waals surface area contributed by atoms with Crippen LogP contribution in [-0.4, -0.2) is 368 Å².